The quantitative estimate of drug-likeness (QED) is 0.0337. The molecular formula is C73H122N6O11Si4. The molecule has 5 amide bonds. The lowest BCUT2D eigenvalue weighted by Gasteiger charge is -2.44. The van der Waals surface area contributed by atoms with E-state index in [1.165, 1.54) is 0 Å². The number of likely N-dealkylation sites (tertiary alicyclic amines) is 1. The number of nitrogens with two attached hydrogens (primary N) is 1. The molecule has 3 aromatic carbocycles. The fraction of sp³-hybridized carbons (Fsp3) is 0.671. The number of ether oxygens (including phenoxy) is 2. The minimum Gasteiger partial charge on any atom is -0.543 e. The minimum atomic E-state index is -2.60. The molecule has 5 rings (SSSR count). The van der Waals surface area contributed by atoms with E-state index in [4.69, 9.17) is 32.9 Å². The Kier molecular flexibility index (Phi) is 28.2. The summed E-state index contributed by atoms with van der Waals surface area (Å²) in [5.74, 6) is -0.612. The van der Waals surface area contributed by atoms with Crippen LogP contribution in [-0.2, 0) is 56.8 Å². The Balaban J connectivity index is 1.52. The SMILES string of the molecule is CC(C)C[C@@H](NC(=O)[C@@H](Cc1ccc(O[Si](C(C)C)(C(C)C)C(C)C)cc1)O[Si](C)(C)C(C)(C)C)C(=O)N1[C@H](C(=O)N[C@@H](CCCN(C(=O)OCc2ccccc2)/C(N)=N/C(=O)OCc2ccccc2)CO[Si](C)(C)C(C)(C)C)C[C@@H]2CC[C@@H](O[Si](C)(C)C(C)(C)C)C[C@@H]21. The first-order chi connectivity index (χ1) is 43.5. The summed E-state index contributed by atoms with van der Waals surface area (Å²) >= 11 is 0. The molecule has 0 unspecified atom stereocenters. The van der Waals surface area contributed by atoms with Gasteiger partial charge in [0.2, 0.25) is 23.7 Å². The van der Waals surface area contributed by atoms with Crippen LogP contribution in [0.4, 0.5) is 9.59 Å². The van der Waals surface area contributed by atoms with Gasteiger partial charge in [-0.3, -0.25) is 14.4 Å². The zero-order chi connectivity index (χ0) is 70.5. The standard InChI is InChI=1S/C73H122N6O11Si4/c1-50(2)43-61(76-66(81)64(90-93(22,23)73(15,16)17)44-54-36-39-59(40-37-54)89-94(51(3)4,52(5)6)53(7)8)67(82)79-62-46-60(88-92(20,21)72(12,13)14)41-38-57(62)45-63(79)65(80)75-58(49-87-91(18,19)71(9,10)11)35-30-42-78(70(84)86-48-56-33-28-25-29-34-56)68(74)77-69(83)85-47-55-31-26-24-27-32-55/h24-29,31-34,36-37,39-40,50-53,57-58,60-64H,30,35,38,41-49H2,1-23H3,(H,75,80)(H,76,81)(H2,74,77,83)/t57-,58-,60+,61+,62-,63-,64+/m0/s1. The number of amides is 5. The number of benzene rings is 3. The van der Waals surface area contributed by atoms with Gasteiger partial charge in [0, 0.05) is 25.1 Å². The Hall–Kier alpha value is -5.17. The van der Waals surface area contributed by atoms with E-state index in [1.54, 1.807) is 0 Å². The molecule has 0 radical (unpaired) electrons. The summed E-state index contributed by atoms with van der Waals surface area (Å²) in [7, 11) is -9.54. The fourth-order valence-corrected chi connectivity index (χ4v) is 21.5. The van der Waals surface area contributed by atoms with Gasteiger partial charge in [0.05, 0.1) is 12.6 Å². The van der Waals surface area contributed by atoms with Gasteiger partial charge in [-0.25, -0.2) is 14.5 Å². The van der Waals surface area contributed by atoms with Gasteiger partial charge in [-0.1, -0.05) is 190 Å². The topological polar surface area (TPSA) is 210 Å². The molecule has 3 aromatic rings. The van der Waals surface area contributed by atoms with Crippen molar-refractivity contribution in [1.82, 2.24) is 20.4 Å². The van der Waals surface area contributed by atoms with E-state index in [0.717, 1.165) is 40.2 Å². The molecule has 0 spiro atoms. The van der Waals surface area contributed by atoms with Gasteiger partial charge in [-0.05, 0) is 157 Å². The monoisotopic (exact) mass is 1370 g/mol. The summed E-state index contributed by atoms with van der Waals surface area (Å²) < 4.78 is 39.4. The van der Waals surface area contributed by atoms with Gasteiger partial charge in [-0.15, -0.1) is 4.99 Å². The first kappa shape index (κ1) is 79.5. The van der Waals surface area contributed by atoms with E-state index in [9.17, 15) is 9.59 Å². The highest BCUT2D eigenvalue weighted by molar-refractivity contribution is 6.78. The van der Waals surface area contributed by atoms with Gasteiger partial charge >= 0.3 is 12.2 Å². The van der Waals surface area contributed by atoms with Crippen molar-refractivity contribution in [2.24, 2.45) is 22.6 Å². The Morgan fingerprint density at radius 1 is 0.660 bits per heavy atom. The van der Waals surface area contributed by atoms with Gasteiger partial charge < -0.3 is 48.4 Å². The summed E-state index contributed by atoms with van der Waals surface area (Å²) in [6.07, 6.45) is 0.859. The number of hydrogen-bond donors (Lipinski definition) is 3. The van der Waals surface area contributed by atoms with Crippen molar-refractivity contribution in [2.75, 3.05) is 13.2 Å². The first-order valence-electron chi connectivity index (χ1n) is 34.7. The third-order valence-electron chi connectivity index (χ3n) is 21.0. The van der Waals surface area contributed by atoms with E-state index in [-0.39, 0.29) is 96.0 Å². The summed E-state index contributed by atoms with van der Waals surface area (Å²) in [6, 6.07) is 23.7. The molecule has 4 N–H and O–H groups in total. The highest BCUT2D eigenvalue weighted by Gasteiger charge is 2.53. The van der Waals surface area contributed by atoms with Crippen LogP contribution in [0.3, 0.4) is 0 Å². The number of hydrogen-bond acceptors (Lipinski definition) is 11. The molecule has 1 saturated carbocycles. The maximum Gasteiger partial charge on any atom is 0.437 e. The van der Waals surface area contributed by atoms with E-state index < -0.39 is 75.6 Å². The molecule has 2 fully saturated rings. The van der Waals surface area contributed by atoms with Crippen LogP contribution < -0.4 is 20.8 Å². The molecule has 0 aromatic heterocycles. The van der Waals surface area contributed by atoms with Gasteiger partial charge in [0.25, 0.3) is 8.32 Å². The van der Waals surface area contributed by atoms with E-state index in [2.05, 4.69) is 159 Å². The van der Waals surface area contributed by atoms with Crippen LogP contribution in [0.1, 0.15) is 179 Å². The van der Waals surface area contributed by atoms with Gasteiger partial charge in [0.1, 0.15) is 37.2 Å². The predicted molar refractivity (Wildman–Crippen MR) is 390 cm³/mol. The zero-order valence-electron chi connectivity index (χ0n) is 61.8. The number of carbonyl (C=O) groups excluding carboxylic acids is 5. The van der Waals surface area contributed by atoms with Crippen LogP contribution in [0.25, 0.3) is 0 Å². The number of fused-ring (bicyclic) bond motifs is 1. The average Bonchev–Trinajstić information content (AvgIpc) is 1.57. The smallest absolute Gasteiger partial charge is 0.437 e. The molecule has 94 heavy (non-hydrogen) atoms. The van der Waals surface area contributed by atoms with E-state index in [0.29, 0.717) is 42.3 Å². The average molecular weight is 1370 g/mol. The molecule has 7 atom stereocenters. The van der Waals surface area contributed by atoms with E-state index >= 15 is 14.4 Å². The van der Waals surface area contributed by atoms with Crippen LogP contribution in [0.15, 0.2) is 89.9 Å². The van der Waals surface area contributed by atoms with Crippen molar-refractivity contribution < 1.29 is 51.2 Å². The van der Waals surface area contributed by atoms with Crippen molar-refractivity contribution in [3.05, 3.63) is 102 Å². The van der Waals surface area contributed by atoms with Crippen LogP contribution in [0.5, 0.6) is 5.75 Å². The number of nitrogens with one attached hydrogen (secondary N) is 2. The van der Waals surface area contributed by atoms with E-state index in [1.807, 2.05) is 104 Å². The largest absolute Gasteiger partial charge is 0.543 e. The molecule has 1 aliphatic heterocycles. The number of guanidine groups is 1. The fourth-order valence-electron chi connectivity index (χ4n) is 12.5. The Morgan fingerprint density at radius 2 is 1.19 bits per heavy atom. The summed E-state index contributed by atoms with van der Waals surface area (Å²) in [6.45, 7) is 50.5. The van der Waals surface area contributed by atoms with Crippen LogP contribution in [0.2, 0.25) is 71.0 Å². The number of rotatable bonds is 29. The second kappa shape index (κ2) is 33.4. The molecule has 17 nitrogen and oxygen atoms in total. The lowest BCUT2D eigenvalue weighted by Crippen LogP contribution is -2.60. The molecule has 526 valence electrons. The Labute approximate surface area is 570 Å². The van der Waals surface area contributed by atoms with Crippen LogP contribution in [0, 0.1) is 11.8 Å². The van der Waals surface area contributed by atoms with Crippen molar-refractivity contribution in [3.8, 4) is 5.75 Å². The maximum atomic E-state index is 16.2. The van der Waals surface area contributed by atoms with Crippen molar-refractivity contribution in [1.29, 1.82) is 0 Å². The first-order valence-corrected chi connectivity index (χ1v) is 45.6. The highest BCUT2D eigenvalue weighted by atomic mass is 28.4. The summed E-state index contributed by atoms with van der Waals surface area (Å²) in [4.78, 5) is 81.3. The Bertz CT molecular complexity index is 2940. The van der Waals surface area contributed by atoms with Crippen LogP contribution in [-0.4, -0.2) is 128 Å². The third kappa shape index (κ3) is 21.7. The minimum absolute atomic E-state index is 0.00976. The molecule has 1 aliphatic carbocycles. The second-order valence-corrected chi connectivity index (χ2v) is 52.3. The normalized spacial score (nSPS) is 18.8. The lowest BCUT2D eigenvalue weighted by molar-refractivity contribution is -0.146. The van der Waals surface area contributed by atoms with Gasteiger partial charge in [0.15, 0.2) is 25.0 Å². The third-order valence-corrected chi connectivity index (χ3v) is 40.5. The predicted octanol–water partition coefficient (Wildman–Crippen LogP) is 16.4. The molecule has 21 heteroatoms. The molecule has 0 bridgehead atoms. The molecule has 1 saturated heterocycles. The summed E-state index contributed by atoms with van der Waals surface area (Å²) in [5.41, 5.74) is 10.1. The molecular weight excluding hydrogens is 1250 g/mol. The number of aliphatic imine (C=N–C) groups is 1. The van der Waals surface area contributed by atoms with Crippen LogP contribution >= 0.6 is 0 Å². The lowest BCUT2D eigenvalue weighted by atomic mass is 9.83. The van der Waals surface area contributed by atoms with Crippen molar-refractivity contribution in [2.45, 2.75) is 290 Å². The number of carbonyl (C=O) groups is 5. The summed E-state index contributed by atoms with van der Waals surface area (Å²) in [5, 5.41) is 6.24. The highest BCUT2D eigenvalue weighted by Crippen LogP contribution is 2.46. The maximum absolute atomic E-state index is 16.2. The van der Waals surface area contributed by atoms with Crippen molar-refractivity contribution >= 4 is 69.1 Å². The second-order valence-electron chi connectivity index (χ2n) is 32.6. The van der Waals surface area contributed by atoms with Gasteiger partial charge in [-0.2, -0.15) is 0 Å². The Morgan fingerprint density at radius 3 is 1.70 bits per heavy atom. The zero-order valence-corrected chi connectivity index (χ0v) is 65.8. The van der Waals surface area contributed by atoms with Crippen molar-refractivity contribution in [3.63, 3.8) is 0 Å². The molecule has 2 aliphatic rings. The molecule has 1 heterocycles. The number of nitrogens with zero attached hydrogens (tertiary/aromatic N) is 3.